The van der Waals surface area contributed by atoms with E-state index in [1.165, 1.54) is 23.2 Å². The predicted molar refractivity (Wildman–Crippen MR) is 98.8 cm³/mol. The predicted octanol–water partition coefficient (Wildman–Crippen LogP) is 2.62. The summed E-state index contributed by atoms with van der Waals surface area (Å²) in [5.74, 6) is -2.01. The molecule has 3 rings (SSSR count). The first-order valence-electron chi connectivity index (χ1n) is 8.47. The number of hydrogen-bond donors (Lipinski definition) is 1. The van der Waals surface area contributed by atoms with Crippen molar-refractivity contribution in [1.82, 2.24) is 4.98 Å². The molecular weight excluding hydrogens is 373 g/mol. The molecule has 0 fully saturated rings. The molecule has 2 aromatic rings. The highest BCUT2D eigenvalue weighted by atomic mass is 35.5. The number of anilines is 1. The number of carbonyl (C=O) groups is 2. The van der Waals surface area contributed by atoms with E-state index in [0.717, 1.165) is 0 Å². The largest absolute Gasteiger partial charge is 0.368 e. The first kappa shape index (κ1) is 19.3. The van der Waals surface area contributed by atoms with Crippen molar-refractivity contribution in [2.24, 2.45) is 11.7 Å². The maximum Gasteiger partial charge on any atom is 0.237 e. The van der Waals surface area contributed by atoms with Gasteiger partial charge in [0.05, 0.1) is 16.5 Å². The maximum absolute atomic E-state index is 13.5. The van der Waals surface area contributed by atoms with Crippen LogP contribution in [0.4, 0.5) is 10.2 Å². The van der Waals surface area contributed by atoms with Crippen LogP contribution in [0.5, 0.6) is 0 Å². The van der Waals surface area contributed by atoms with E-state index in [-0.39, 0.29) is 24.9 Å². The average molecular weight is 392 g/mol. The lowest BCUT2D eigenvalue weighted by atomic mass is 9.73. The number of benzene rings is 1. The Balaban J connectivity index is 2.34. The number of nitrogens with zero attached hydrogens (tertiary/aromatic N) is 2. The third-order valence-electron chi connectivity index (χ3n) is 4.71. The highest BCUT2D eigenvalue weighted by molar-refractivity contribution is 6.32. The Morgan fingerprint density at radius 3 is 2.63 bits per heavy atom. The molecule has 0 bridgehead atoms. The summed E-state index contributed by atoms with van der Waals surface area (Å²) in [7, 11) is 0. The second-order valence-electron chi connectivity index (χ2n) is 6.28. The molecule has 0 radical (unpaired) electrons. The third kappa shape index (κ3) is 3.07. The lowest BCUT2D eigenvalue weighted by Gasteiger charge is -2.46. The van der Waals surface area contributed by atoms with Gasteiger partial charge in [-0.15, -0.1) is 0 Å². The van der Waals surface area contributed by atoms with Gasteiger partial charge in [0.25, 0.3) is 0 Å². The van der Waals surface area contributed by atoms with Crippen LogP contribution in [-0.4, -0.2) is 29.9 Å². The zero-order valence-electron chi connectivity index (χ0n) is 14.9. The van der Waals surface area contributed by atoms with Crippen molar-refractivity contribution >= 4 is 29.2 Å². The second kappa shape index (κ2) is 7.25. The Hall–Kier alpha value is -2.51. The van der Waals surface area contributed by atoms with Crippen molar-refractivity contribution in [2.45, 2.75) is 19.4 Å². The topological polar surface area (TPSA) is 85.5 Å². The van der Waals surface area contributed by atoms with E-state index in [0.29, 0.717) is 16.1 Å². The number of halogens is 2. The van der Waals surface area contributed by atoms with Gasteiger partial charge in [0.2, 0.25) is 11.8 Å². The highest BCUT2D eigenvalue weighted by Gasteiger charge is 2.53. The molecule has 2 N–H and O–H groups in total. The van der Waals surface area contributed by atoms with Crippen molar-refractivity contribution in [2.75, 3.05) is 18.1 Å². The Morgan fingerprint density at radius 1 is 1.37 bits per heavy atom. The SMILES string of the molecule is CCO[C@@]1(c2ccc(F)cc2)c2c(Cl)ccnc2N(CC(N)=O)C(=O)C1C. The average Bonchev–Trinajstić information content (AvgIpc) is 2.63. The normalized spacial score (nSPS) is 21.9. The smallest absolute Gasteiger partial charge is 0.237 e. The van der Waals surface area contributed by atoms with Crippen LogP contribution in [0.3, 0.4) is 0 Å². The van der Waals surface area contributed by atoms with E-state index in [1.807, 2.05) is 0 Å². The van der Waals surface area contributed by atoms with E-state index in [1.54, 1.807) is 32.0 Å². The van der Waals surface area contributed by atoms with Gasteiger partial charge in [0, 0.05) is 12.8 Å². The molecule has 0 saturated carbocycles. The summed E-state index contributed by atoms with van der Waals surface area (Å²) in [6, 6.07) is 7.31. The van der Waals surface area contributed by atoms with E-state index in [2.05, 4.69) is 4.98 Å². The number of hydrogen-bond acceptors (Lipinski definition) is 4. The number of carbonyl (C=O) groups excluding carboxylic acids is 2. The van der Waals surface area contributed by atoms with Gasteiger partial charge in [-0.1, -0.05) is 30.7 Å². The van der Waals surface area contributed by atoms with Gasteiger partial charge in [-0.3, -0.25) is 14.5 Å². The summed E-state index contributed by atoms with van der Waals surface area (Å²) < 4.78 is 19.6. The van der Waals surface area contributed by atoms with E-state index in [9.17, 15) is 14.0 Å². The van der Waals surface area contributed by atoms with Gasteiger partial charge in [0.1, 0.15) is 23.8 Å². The summed E-state index contributed by atoms with van der Waals surface area (Å²) in [5.41, 5.74) is 5.07. The monoisotopic (exact) mass is 391 g/mol. The van der Waals surface area contributed by atoms with Gasteiger partial charge in [0.15, 0.2) is 0 Å². The molecule has 8 heteroatoms. The fraction of sp³-hybridized carbons (Fsp3) is 0.316. The summed E-state index contributed by atoms with van der Waals surface area (Å²) in [5, 5.41) is 0.326. The molecule has 0 spiro atoms. The molecule has 2 amide bonds. The van der Waals surface area contributed by atoms with Crippen LogP contribution >= 0.6 is 11.6 Å². The standard InChI is InChI=1S/C19H19ClFN3O3/c1-3-27-19(12-4-6-13(21)7-5-12)11(2)18(26)24(10-15(22)25)17-16(19)14(20)8-9-23-17/h4-9,11H,3,10H2,1-2H3,(H2,22,25)/t11?,19-/m0/s1. The van der Waals surface area contributed by atoms with Gasteiger partial charge < -0.3 is 10.5 Å². The Labute approximate surface area is 161 Å². The van der Waals surface area contributed by atoms with Gasteiger partial charge in [-0.05, 0) is 30.7 Å². The van der Waals surface area contributed by atoms with Crippen LogP contribution in [0, 0.1) is 11.7 Å². The molecule has 1 aliphatic rings. The summed E-state index contributed by atoms with van der Waals surface area (Å²) in [6.07, 6.45) is 1.44. The second-order valence-corrected chi connectivity index (χ2v) is 6.69. The summed E-state index contributed by atoms with van der Waals surface area (Å²) >= 11 is 6.51. The number of pyridine rings is 1. The Kier molecular flexibility index (Phi) is 5.17. The maximum atomic E-state index is 13.5. The zero-order chi connectivity index (χ0) is 19.8. The van der Waals surface area contributed by atoms with Crippen molar-refractivity contribution in [1.29, 1.82) is 0 Å². The molecule has 2 atom stereocenters. The van der Waals surface area contributed by atoms with E-state index >= 15 is 0 Å². The molecule has 1 aliphatic heterocycles. The number of nitrogens with two attached hydrogens (primary N) is 1. The number of amides is 2. The molecule has 1 aromatic heterocycles. The lowest BCUT2D eigenvalue weighted by molar-refractivity contribution is -0.136. The molecule has 2 heterocycles. The minimum Gasteiger partial charge on any atom is -0.368 e. The fourth-order valence-corrected chi connectivity index (χ4v) is 3.89. The molecule has 1 unspecified atom stereocenters. The molecular formula is C19H19ClFN3O3. The van der Waals surface area contributed by atoms with Crippen LogP contribution in [0.2, 0.25) is 5.02 Å². The van der Waals surface area contributed by atoms with Crippen LogP contribution in [0.15, 0.2) is 36.5 Å². The van der Waals surface area contributed by atoms with Gasteiger partial charge >= 0.3 is 0 Å². The van der Waals surface area contributed by atoms with Gasteiger partial charge in [-0.25, -0.2) is 9.37 Å². The minimum absolute atomic E-state index is 0.210. The van der Waals surface area contributed by atoms with Crippen LogP contribution in [0.1, 0.15) is 25.0 Å². The first-order valence-corrected chi connectivity index (χ1v) is 8.85. The van der Waals surface area contributed by atoms with E-state index in [4.69, 9.17) is 22.1 Å². The van der Waals surface area contributed by atoms with Crippen LogP contribution in [0.25, 0.3) is 0 Å². The molecule has 6 nitrogen and oxygen atoms in total. The number of rotatable bonds is 5. The molecule has 0 aliphatic carbocycles. The molecule has 0 saturated heterocycles. The number of aromatic nitrogens is 1. The third-order valence-corrected chi connectivity index (χ3v) is 5.03. The quantitative estimate of drug-likeness (QED) is 0.848. The molecule has 142 valence electrons. The minimum atomic E-state index is -1.27. The highest BCUT2D eigenvalue weighted by Crippen LogP contribution is 2.50. The summed E-state index contributed by atoms with van der Waals surface area (Å²) in [6.45, 7) is 3.43. The molecule has 27 heavy (non-hydrogen) atoms. The van der Waals surface area contributed by atoms with Crippen LogP contribution in [-0.2, 0) is 19.9 Å². The van der Waals surface area contributed by atoms with Crippen molar-refractivity contribution in [3.63, 3.8) is 0 Å². The van der Waals surface area contributed by atoms with Crippen LogP contribution < -0.4 is 10.6 Å². The fourth-order valence-electron chi connectivity index (χ4n) is 3.61. The number of primary amides is 1. The lowest BCUT2D eigenvalue weighted by Crippen LogP contribution is -2.55. The van der Waals surface area contributed by atoms with Crippen molar-refractivity contribution < 1.29 is 18.7 Å². The van der Waals surface area contributed by atoms with Crippen molar-refractivity contribution in [3.05, 3.63) is 58.5 Å². The first-order chi connectivity index (χ1) is 12.8. The Morgan fingerprint density at radius 2 is 2.04 bits per heavy atom. The van der Waals surface area contributed by atoms with Crippen molar-refractivity contribution in [3.8, 4) is 0 Å². The number of ether oxygens (including phenoxy) is 1. The summed E-state index contributed by atoms with van der Waals surface area (Å²) in [4.78, 5) is 30.1. The molecule has 1 aromatic carbocycles. The zero-order valence-corrected chi connectivity index (χ0v) is 15.7. The Bertz CT molecular complexity index is 890. The van der Waals surface area contributed by atoms with E-state index < -0.39 is 23.2 Å². The number of fused-ring (bicyclic) bond motifs is 1. The van der Waals surface area contributed by atoms with Gasteiger partial charge in [-0.2, -0.15) is 0 Å².